The van der Waals surface area contributed by atoms with Gasteiger partial charge in [-0.1, -0.05) is 29.3 Å². The number of carbonyl (C=O) groups is 3. The molecule has 0 bridgehead atoms. The van der Waals surface area contributed by atoms with Crippen LogP contribution < -0.4 is 10.6 Å². The highest BCUT2D eigenvalue weighted by Gasteiger charge is 2.47. The highest BCUT2D eigenvalue weighted by atomic mass is 35.5. The van der Waals surface area contributed by atoms with Crippen LogP contribution in [0, 0.1) is 6.92 Å². The Balaban J connectivity index is 1.68. The molecule has 0 fully saturated rings. The van der Waals surface area contributed by atoms with E-state index in [9.17, 15) is 27.6 Å². The molecule has 0 aliphatic carbocycles. The highest BCUT2D eigenvalue weighted by molar-refractivity contribution is 7.18. The zero-order valence-electron chi connectivity index (χ0n) is 21.3. The number of hydrogen-bond donors (Lipinski definition) is 2. The van der Waals surface area contributed by atoms with Gasteiger partial charge >= 0.3 is 18.1 Å². The quantitative estimate of drug-likeness (QED) is 0.279. The Morgan fingerprint density at radius 3 is 2.42 bits per heavy atom. The van der Waals surface area contributed by atoms with Crippen molar-refractivity contribution in [3.05, 3.63) is 61.6 Å². The van der Waals surface area contributed by atoms with Crippen LogP contribution in [-0.2, 0) is 9.47 Å². The Morgan fingerprint density at radius 2 is 1.80 bits per heavy atom. The third-order valence-electron chi connectivity index (χ3n) is 6.08. The number of nitrogens with one attached hydrogen (secondary N) is 2. The van der Waals surface area contributed by atoms with E-state index in [1.807, 2.05) is 0 Å². The largest absolute Gasteiger partial charge is 0.462 e. The molecule has 2 atom stereocenters. The molecule has 0 saturated carbocycles. The van der Waals surface area contributed by atoms with Crippen LogP contribution in [-0.4, -0.2) is 47.0 Å². The molecule has 4 rings (SSSR count). The lowest BCUT2D eigenvalue weighted by molar-refractivity contribution is -0.173. The maximum atomic E-state index is 14.1. The van der Waals surface area contributed by atoms with Crippen molar-refractivity contribution in [2.75, 3.05) is 23.8 Å². The van der Waals surface area contributed by atoms with Gasteiger partial charge in [0.2, 0.25) is 0 Å². The smallest absolute Gasteiger partial charge is 0.410 e. The zero-order chi connectivity index (χ0) is 29.4. The van der Waals surface area contributed by atoms with E-state index in [1.54, 1.807) is 19.9 Å². The van der Waals surface area contributed by atoms with E-state index in [0.717, 1.165) is 11.3 Å². The second-order valence-corrected chi connectivity index (χ2v) is 10.5. The van der Waals surface area contributed by atoms with Gasteiger partial charge < -0.3 is 20.1 Å². The number of amides is 1. The van der Waals surface area contributed by atoms with Crippen molar-refractivity contribution in [1.29, 1.82) is 0 Å². The summed E-state index contributed by atoms with van der Waals surface area (Å²) in [6, 6.07) is 2.86. The van der Waals surface area contributed by atoms with Crippen LogP contribution in [0.1, 0.15) is 74.0 Å². The van der Waals surface area contributed by atoms with Crippen LogP contribution in [0.4, 0.5) is 24.0 Å². The van der Waals surface area contributed by atoms with Crippen LogP contribution in [0.3, 0.4) is 0 Å². The number of benzene rings is 1. The minimum atomic E-state index is -4.68. The molecule has 2 N–H and O–H groups in total. The maximum Gasteiger partial charge on any atom is 0.410 e. The number of ether oxygens (including phenoxy) is 2. The molecular formula is C25H23Cl2F3N4O5S. The van der Waals surface area contributed by atoms with E-state index in [1.165, 1.54) is 25.1 Å². The maximum absolute atomic E-state index is 14.1. The molecule has 3 aromatic rings. The molecule has 0 radical (unpaired) electrons. The number of hydrogen-bond acceptors (Lipinski definition) is 8. The van der Waals surface area contributed by atoms with Gasteiger partial charge in [-0.05, 0) is 44.0 Å². The summed E-state index contributed by atoms with van der Waals surface area (Å²) in [5, 5.41) is 9.83. The molecule has 1 amide bonds. The van der Waals surface area contributed by atoms with Crippen molar-refractivity contribution in [2.24, 2.45) is 0 Å². The number of rotatable bonds is 7. The number of nitrogens with zero attached hydrogens (tertiary/aromatic N) is 2. The van der Waals surface area contributed by atoms with Gasteiger partial charge in [0.25, 0.3) is 5.91 Å². The minimum absolute atomic E-state index is 0.0241. The first-order chi connectivity index (χ1) is 18.8. The minimum Gasteiger partial charge on any atom is -0.462 e. The summed E-state index contributed by atoms with van der Waals surface area (Å²) in [5.74, 6) is -2.42. The predicted molar refractivity (Wildman–Crippen MR) is 144 cm³/mol. The molecular weight excluding hydrogens is 596 g/mol. The van der Waals surface area contributed by atoms with E-state index < -0.39 is 42.5 Å². The highest BCUT2D eigenvalue weighted by Crippen LogP contribution is 2.44. The molecule has 1 aliphatic rings. The lowest BCUT2D eigenvalue weighted by atomic mass is 9.97. The molecule has 0 unspecified atom stereocenters. The third kappa shape index (κ3) is 5.91. The van der Waals surface area contributed by atoms with Gasteiger partial charge in [-0.3, -0.25) is 4.79 Å². The van der Waals surface area contributed by atoms with Crippen LogP contribution in [0.15, 0.2) is 24.3 Å². The first kappa shape index (κ1) is 29.7. The zero-order valence-corrected chi connectivity index (χ0v) is 23.6. The Hall–Kier alpha value is -3.29. The standard InChI is InChI=1S/C25H23Cl2F3N4O5S/c1-4-38-23(36)19-11(3)20(24(37)39-5-2)40-22(19)32-21(35)16-10-18-31-15(12-6-7-13(26)14(27)8-12)9-17(25(28,29)30)34(18)33-16/h6-8,10,15,17,31H,4-5,9H2,1-3H3,(H,32,35)/t15-,17+/m1/s1. The SMILES string of the molecule is CCOC(=O)c1sc(NC(=O)c2cc3n(n2)[C@H](C(F)(F)F)C[C@H](c2ccc(Cl)c(Cl)c2)N3)c(C(=O)OCC)c1C. The van der Waals surface area contributed by atoms with Crippen LogP contribution in [0.2, 0.25) is 10.0 Å². The summed E-state index contributed by atoms with van der Waals surface area (Å²) in [5.41, 5.74) is 0.314. The lowest BCUT2D eigenvalue weighted by Gasteiger charge is -2.33. The average Bonchev–Trinajstić information content (AvgIpc) is 3.45. The van der Waals surface area contributed by atoms with E-state index in [2.05, 4.69) is 15.7 Å². The van der Waals surface area contributed by atoms with Gasteiger partial charge in [0.1, 0.15) is 15.7 Å². The summed E-state index contributed by atoms with van der Waals surface area (Å²) in [6.07, 6.45) is -5.10. The first-order valence-corrected chi connectivity index (χ1v) is 13.6. The second kappa shape index (κ2) is 11.7. The van der Waals surface area contributed by atoms with Crippen LogP contribution >= 0.6 is 34.5 Å². The number of aromatic nitrogens is 2. The molecule has 0 spiro atoms. The fourth-order valence-corrected chi connectivity index (χ4v) is 5.63. The summed E-state index contributed by atoms with van der Waals surface area (Å²) in [6.45, 7) is 4.83. The van der Waals surface area contributed by atoms with Crippen molar-refractivity contribution in [3.8, 4) is 0 Å². The van der Waals surface area contributed by atoms with E-state index in [-0.39, 0.29) is 55.8 Å². The fraction of sp³-hybridized carbons (Fsp3) is 0.360. The summed E-state index contributed by atoms with van der Waals surface area (Å²) in [4.78, 5) is 38.3. The Kier molecular flexibility index (Phi) is 8.66. The number of anilines is 2. The number of alkyl halides is 3. The molecule has 3 heterocycles. The number of carbonyl (C=O) groups excluding carboxylic acids is 3. The van der Waals surface area contributed by atoms with E-state index >= 15 is 0 Å². The van der Waals surface area contributed by atoms with Crippen molar-refractivity contribution in [2.45, 2.75) is 45.5 Å². The number of fused-ring (bicyclic) bond motifs is 1. The molecule has 1 aliphatic heterocycles. The van der Waals surface area contributed by atoms with Gasteiger partial charge in [0.05, 0.1) is 34.9 Å². The molecule has 9 nitrogen and oxygen atoms in total. The van der Waals surface area contributed by atoms with Gasteiger partial charge in [0, 0.05) is 12.5 Å². The van der Waals surface area contributed by atoms with Crippen LogP contribution in [0.5, 0.6) is 0 Å². The average molecular weight is 619 g/mol. The number of esters is 2. The van der Waals surface area contributed by atoms with Crippen molar-refractivity contribution >= 4 is 63.2 Å². The second-order valence-electron chi connectivity index (χ2n) is 8.68. The molecule has 1 aromatic carbocycles. The predicted octanol–water partition coefficient (Wildman–Crippen LogP) is 6.83. The number of halogens is 5. The lowest BCUT2D eigenvalue weighted by Crippen LogP contribution is -2.35. The van der Waals surface area contributed by atoms with Gasteiger partial charge in [-0.15, -0.1) is 11.3 Å². The summed E-state index contributed by atoms with van der Waals surface area (Å²) >= 11 is 12.8. The first-order valence-electron chi connectivity index (χ1n) is 12.0. The Morgan fingerprint density at radius 1 is 1.12 bits per heavy atom. The molecule has 40 heavy (non-hydrogen) atoms. The topological polar surface area (TPSA) is 112 Å². The fourth-order valence-electron chi connectivity index (χ4n) is 4.24. The van der Waals surface area contributed by atoms with Crippen LogP contribution in [0.25, 0.3) is 0 Å². The number of thiophene rings is 1. The van der Waals surface area contributed by atoms with Gasteiger partial charge in [-0.2, -0.15) is 18.3 Å². The van der Waals surface area contributed by atoms with E-state index in [0.29, 0.717) is 10.2 Å². The van der Waals surface area contributed by atoms with Crippen molar-refractivity contribution in [3.63, 3.8) is 0 Å². The third-order valence-corrected chi connectivity index (χ3v) is 8.01. The normalized spacial score (nSPS) is 16.6. The Bertz CT molecular complexity index is 1470. The van der Waals surface area contributed by atoms with Gasteiger partial charge in [-0.25, -0.2) is 14.3 Å². The Labute approximate surface area is 240 Å². The molecule has 15 heteroatoms. The van der Waals surface area contributed by atoms with E-state index in [4.69, 9.17) is 32.7 Å². The summed E-state index contributed by atoms with van der Waals surface area (Å²) < 4.78 is 53.0. The molecule has 0 saturated heterocycles. The van der Waals surface area contributed by atoms with Gasteiger partial charge in [0.15, 0.2) is 11.7 Å². The van der Waals surface area contributed by atoms with Crippen molar-refractivity contribution < 1.29 is 37.0 Å². The van der Waals surface area contributed by atoms with Crippen molar-refractivity contribution in [1.82, 2.24) is 9.78 Å². The molecule has 2 aromatic heterocycles. The molecule has 214 valence electrons. The summed E-state index contributed by atoms with van der Waals surface area (Å²) in [7, 11) is 0. The monoisotopic (exact) mass is 618 g/mol.